The van der Waals surface area contributed by atoms with Crippen LogP contribution in [0.1, 0.15) is 68.6 Å². The van der Waals surface area contributed by atoms with E-state index in [-0.39, 0.29) is 17.9 Å². The molecule has 0 unspecified atom stereocenters. The van der Waals surface area contributed by atoms with Gasteiger partial charge in [0.1, 0.15) is 0 Å². The molecule has 0 saturated heterocycles. The van der Waals surface area contributed by atoms with E-state index in [2.05, 4.69) is 6.92 Å². The van der Waals surface area contributed by atoms with Crippen molar-refractivity contribution in [1.82, 2.24) is 4.57 Å². The number of carbonyl (C=O) groups is 3. The Kier molecular flexibility index (Phi) is 7.38. The van der Waals surface area contributed by atoms with Gasteiger partial charge in [-0.3, -0.25) is 9.59 Å². The average molecular weight is 359 g/mol. The number of hydrogen-bond acceptors (Lipinski definition) is 4. The minimum Gasteiger partial charge on any atom is -0.464 e. The topological polar surface area (TPSA) is 85.6 Å². The average Bonchev–Trinajstić information content (AvgIpc) is 2.93. The van der Waals surface area contributed by atoms with E-state index >= 15 is 0 Å². The first kappa shape index (κ1) is 19.7. The summed E-state index contributed by atoms with van der Waals surface area (Å²) in [5, 5.41) is 9.91. The van der Waals surface area contributed by atoms with Gasteiger partial charge in [-0.25, -0.2) is 9.36 Å². The van der Waals surface area contributed by atoms with E-state index in [1.54, 1.807) is 24.3 Å². The van der Waals surface area contributed by atoms with E-state index < -0.39 is 12.1 Å². The monoisotopic (exact) mass is 359 g/mol. The molecule has 1 N–H and O–H groups in total. The van der Waals surface area contributed by atoms with Gasteiger partial charge in [0.15, 0.2) is 6.29 Å². The quantitative estimate of drug-likeness (QED) is 0.365. The number of para-hydroxylation sites is 1. The van der Waals surface area contributed by atoms with Gasteiger partial charge >= 0.3 is 12.1 Å². The Balaban J connectivity index is 2.03. The number of aldehydes is 1. The molecule has 0 spiro atoms. The highest BCUT2D eigenvalue weighted by Crippen LogP contribution is 2.31. The van der Waals surface area contributed by atoms with E-state index in [4.69, 9.17) is 4.74 Å². The molecule has 1 heterocycles. The lowest BCUT2D eigenvalue weighted by molar-refractivity contribution is -0.134. The summed E-state index contributed by atoms with van der Waals surface area (Å²) < 4.78 is 6.12. The summed E-state index contributed by atoms with van der Waals surface area (Å²) in [6.45, 7) is 2.17. The highest BCUT2D eigenvalue weighted by Gasteiger charge is 2.23. The molecule has 26 heavy (non-hydrogen) atoms. The van der Waals surface area contributed by atoms with Crippen LogP contribution in [-0.4, -0.2) is 28.0 Å². The van der Waals surface area contributed by atoms with Crippen LogP contribution in [0.3, 0.4) is 0 Å². The number of fused-ring (bicyclic) bond motifs is 1. The third kappa shape index (κ3) is 4.71. The van der Waals surface area contributed by atoms with Gasteiger partial charge in [0.25, 0.3) is 0 Å². The van der Waals surface area contributed by atoms with Crippen molar-refractivity contribution in [2.24, 2.45) is 0 Å². The first-order valence-corrected chi connectivity index (χ1v) is 9.12. The second-order valence-electron chi connectivity index (χ2n) is 6.32. The van der Waals surface area contributed by atoms with Crippen molar-refractivity contribution in [1.29, 1.82) is 0 Å². The standard InChI is InChI=1S/C20H25NO5/c1-2-3-4-5-6-7-8-13-18(23)26-19-16(14-22)15-11-9-10-12-17(15)21(19)20(24)25/h9-12,14H,2-8,13H2,1H3,(H,24,25). The lowest BCUT2D eigenvalue weighted by atomic mass is 10.1. The van der Waals surface area contributed by atoms with Gasteiger partial charge in [-0.15, -0.1) is 0 Å². The van der Waals surface area contributed by atoms with Crippen molar-refractivity contribution in [3.8, 4) is 5.88 Å². The Morgan fingerprint density at radius 2 is 1.73 bits per heavy atom. The molecule has 0 saturated carbocycles. The van der Waals surface area contributed by atoms with E-state index in [1.807, 2.05) is 0 Å². The highest BCUT2D eigenvalue weighted by molar-refractivity contribution is 6.05. The number of carbonyl (C=O) groups excluding carboxylic acids is 2. The second-order valence-corrected chi connectivity index (χ2v) is 6.32. The van der Waals surface area contributed by atoms with Gasteiger partial charge in [0.2, 0.25) is 5.88 Å². The lowest BCUT2D eigenvalue weighted by Gasteiger charge is -2.07. The number of rotatable bonds is 10. The lowest BCUT2D eigenvalue weighted by Crippen LogP contribution is -2.16. The molecule has 1 aromatic heterocycles. The van der Waals surface area contributed by atoms with Crippen molar-refractivity contribution in [3.63, 3.8) is 0 Å². The van der Waals surface area contributed by atoms with Crippen LogP contribution in [0.15, 0.2) is 24.3 Å². The predicted octanol–water partition coefficient (Wildman–Crippen LogP) is 5.03. The summed E-state index contributed by atoms with van der Waals surface area (Å²) in [5.41, 5.74) is 0.400. The van der Waals surface area contributed by atoms with Gasteiger partial charge in [-0.05, 0) is 12.5 Å². The summed E-state index contributed by atoms with van der Waals surface area (Å²) in [5.74, 6) is -0.742. The maximum atomic E-state index is 12.1. The minimum absolute atomic E-state index is 0.0796. The smallest absolute Gasteiger partial charge is 0.418 e. The zero-order valence-corrected chi connectivity index (χ0v) is 15.1. The van der Waals surface area contributed by atoms with E-state index in [0.29, 0.717) is 23.6 Å². The molecule has 140 valence electrons. The fraction of sp³-hybridized carbons (Fsp3) is 0.450. The maximum absolute atomic E-state index is 12.1. The number of carboxylic acid groups (broad SMARTS) is 1. The Morgan fingerprint density at radius 3 is 2.38 bits per heavy atom. The number of unbranched alkanes of at least 4 members (excludes halogenated alkanes) is 6. The van der Waals surface area contributed by atoms with Gasteiger partial charge in [0.05, 0.1) is 11.1 Å². The first-order chi connectivity index (χ1) is 12.6. The fourth-order valence-corrected chi connectivity index (χ4v) is 3.03. The van der Waals surface area contributed by atoms with Gasteiger partial charge in [0, 0.05) is 11.8 Å². The third-order valence-corrected chi connectivity index (χ3v) is 4.37. The molecule has 1 aromatic carbocycles. The molecule has 0 amide bonds. The molecule has 6 nitrogen and oxygen atoms in total. The van der Waals surface area contributed by atoms with Crippen molar-refractivity contribution in [2.45, 2.75) is 58.3 Å². The molecule has 2 aromatic rings. The molecule has 2 rings (SSSR count). The Hall–Kier alpha value is -2.63. The largest absolute Gasteiger partial charge is 0.464 e. The zero-order valence-electron chi connectivity index (χ0n) is 15.1. The number of nitrogens with zero attached hydrogens (tertiary/aromatic N) is 1. The molecule has 6 heteroatoms. The van der Waals surface area contributed by atoms with Crippen LogP contribution in [0.5, 0.6) is 5.88 Å². The molecule has 0 fully saturated rings. The summed E-state index contributed by atoms with van der Waals surface area (Å²) in [6.07, 6.45) is 6.92. The van der Waals surface area contributed by atoms with Crippen molar-refractivity contribution >= 4 is 29.3 Å². The van der Waals surface area contributed by atoms with Gasteiger partial charge in [-0.1, -0.05) is 63.6 Å². The predicted molar refractivity (Wildman–Crippen MR) is 99.0 cm³/mol. The van der Waals surface area contributed by atoms with Gasteiger partial charge in [-0.2, -0.15) is 0 Å². The van der Waals surface area contributed by atoms with Crippen LogP contribution in [0, 0.1) is 0 Å². The van der Waals surface area contributed by atoms with E-state index in [0.717, 1.165) is 23.8 Å². The molecule has 0 aliphatic carbocycles. The summed E-state index contributed by atoms with van der Waals surface area (Å²) in [4.78, 5) is 35.2. The van der Waals surface area contributed by atoms with E-state index in [9.17, 15) is 19.5 Å². The molecular weight excluding hydrogens is 334 g/mol. The third-order valence-electron chi connectivity index (χ3n) is 4.37. The molecule has 0 aliphatic rings. The number of aromatic nitrogens is 1. The van der Waals surface area contributed by atoms with Crippen LogP contribution in [0.4, 0.5) is 4.79 Å². The normalized spacial score (nSPS) is 10.8. The van der Waals surface area contributed by atoms with E-state index in [1.165, 1.54) is 19.3 Å². The summed E-state index contributed by atoms with van der Waals surface area (Å²) >= 11 is 0. The van der Waals surface area contributed by atoms with Crippen molar-refractivity contribution in [3.05, 3.63) is 29.8 Å². The number of benzene rings is 1. The van der Waals surface area contributed by atoms with Crippen LogP contribution >= 0.6 is 0 Å². The van der Waals surface area contributed by atoms with Gasteiger partial charge < -0.3 is 9.84 Å². The fourth-order valence-electron chi connectivity index (χ4n) is 3.03. The molecule has 0 bridgehead atoms. The number of hydrogen-bond donors (Lipinski definition) is 1. The second kappa shape index (κ2) is 9.75. The summed E-state index contributed by atoms with van der Waals surface area (Å²) in [6, 6.07) is 6.57. The van der Waals surface area contributed by atoms with Crippen molar-refractivity contribution < 1.29 is 24.2 Å². The molecule has 0 aliphatic heterocycles. The number of ether oxygens (including phenoxy) is 1. The Morgan fingerprint density at radius 1 is 1.08 bits per heavy atom. The molecule has 0 radical (unpaired) electrons. The van der Waals surface area contributed by atoms with Crippen LogP contribution in [0.25, 0.3) is 10.9 Å². The first-order valence-electron chi connectivity index (χ1n) is 9.12. The number of esters is 1. The molecular formula is C20H25NO5. The Bertz CT molecular complexity index is 778. The minimum atomic E-state index is -1.30. The van der Waals surface area contributed by atoms with Crippen LogP contribution in [0.2, 0.25) is 0 Å². The summed E-state index contributed by atoms with van der Waals surface area (Å²) in [7, 11) is 0. The van der Waals surface area contributed by atoms with Crippen LogP contribution in [-0.2, 0) is 4.79 Å². The van der Waals surface area contributed by atoms with Crippen LogP contribution < -0.4 is 4.74 Å². The zero-order chi connectivity index (χ0) is 18.9. The molecule has 0 atom stereocenters. The van der Waals surface area contributed by atoms with Crippen molar-refractivity contribution in [2.75, 3.05) is 0 Å². The SMILES string of the molecule is CCCCCCCCCC(=O)Oc1c(C=O)c2ccccc2n1C(=O)O. The highest BCUT2D eigenvalue weighted by atomic mass is 16.5. The maximum Gasteiger partial charge on any atom is 0.418 e. The Labute approximate surface area is 152 Å².